The molecule has 21 heavy (non-hydrogen) atoms. The van der Waals surface area contributed by atoms with Crippen LogP contribution in [-0.2, 0) is 9.53 Å². The lowest BCUT2D eigenvalue weighted by molar-refractivity contribution is -0.384. The van der Waals surface area contributed by atoms with Crippen molar-refractivity contribution in [1.29, 1.82) is 0 Å². The van der Waals surface area contributed by atoms with E-state index in [-0.39, 0.29) is 29.6 Å². The molecule has 0 aromatic heterocycles. The molecule has 0 aliphatic carbocycles. The van der Waals surface area contributed by atoms with Crippen LogP contribution in [0.4, 0.5) is 14.5 Å². The minimum atomic E-state index is -4.00. The van der Waals surface area contributed by atoms with E-state index in [1.807, 2.05) is 0 Å². The zero-order valence-electron chi connectivity index (χ0n) is 10.7. The number of hydrogen-bond acceptors (Lipinski definition) is 5. The molecule has 1 aromatic carbocycles. The predicted octanol–water partition coefficient (Wildman–Crippen LogP) is 2.87. The van der Waals surface area contributed by atoms with Crippen molar-refractivity contribution in [2.45, 2.75) is 18.9 Å². The molecule has 0 amide bonds. The number of halogens is 4. The normalized spacial score (nSPS) is 12.2. The lowest BCUT2D eigenvalue weighted by atomic mass is 10.0. The highest BCUT2D eigenvalue weighted by atomic mass is 35.5. The summed E-state index contributed by atoms with van der Waals surface area (Å²) in [5.74, 6) is -5.79. The van der Waals surface area contributed by atoms with Gasteiger partial charge in [-0.3, -0.25) is 10.1 Å². The van der Waals surface area contributed by atoms with Gasteiger partial charge in [-0.15, -0.1) is 12.4 Å². The van der Waals surface area contributed by atoms with E-state index >= 15 is 0 Å². The third kappa shape index (κ3) is 4.23. The summed E-state index contributed by atoms with van der Waals surface area (Å²) in [5.41, 5.74) is 4.44. The number of esters is 1. The summed E-state index contributed by atoms with van der Waals surface area (Å²) in [7, 11) is 0. The first-order valence-electron chi connectivity index (χ1n) is 5.46. The molecule has 0 spiro atoms. The largest absolute Gasteiger partial charge is 0.462 e. The Morgan fingerprint density at radius 2 is 2.14 bits per heavy atom. The van der Waals surface area contributed by atoms with Crippen LogP contribution in [0.3, 0.4) is 0 Å². The van der Waals surface area contributed by atoms with E-state index < -0.39 is 28.5 Å². The first-order chi connectivity index (χ1) is 9.21. The topological polar surface area (TPSA) is 95.5 Å². The number of carbonyl (C=O) groups is 1. The van der Waals surface area contributed by atoms with Gasteiger partial charge in [0.05, 0.1) is 11.5 Å². The molecule has 6 nitrogen and oxygen atoms in total. The second-order valence-corrected chi connectivity index (χ2v) is 4.20. The minimum absolute atomic E-state index is 0. The Morgan fingerprint density at radius 3 is 2.62 bits per heavy atom. The van der Waals surface area contributed by atoms with Crippen LogP contribution in [0.2, 0.25) is 5.02 Å². The zero-order valence-corrected chi connectivity index (χ0v) is 12.3. The Balaban J connectivity index is 0.00000400. The average Bonchev–Trinajstić information content (AvgIpc) is 2.38. The fourth-order valence-electron chi connectivity index (χ4n) is 1.43. The van der Waals surface area contributed by atoms with Crippen molar-refractivity contribution < 1.29 is 23.2 Å². The number of nitro benzene ring substituents is 1. The molecule has 0 aliphatic heterocycles. The molecule has 1 aromatic rings. The molecule has 2 N–H and O–H groups in total. The fraction of sp³-hybridized carbons (Fsp3) is 0.364. The van der Waals surface area contributed by atoms with Crippen LogP contribution in [0.25, 0.3) is 0 Å². The maximum atomic E-state index is 13.7. The average molecular weight is 345 g/mol. The molecule has 0 fully saturated rings. The highest BCUT2D eigenvalue weighted by Gasteiger charge is 2.48. The summed E-state index contributed by atoms with van der Waals surface area (Å²) in [6.07, 6.45) is 0. The van der Waals surface area contributed by atoms with Crippen molar-refractivity contribution >= 4 is 35.7 Å². The highest BCUT2D eigenvalue weighted by Crippen LogP contribution is 2.34. The molecule has 0 radical (unpaired) electrons. The van der Waals surface area contributed by atoms with Gasteiger partial charge in [0.25, 0.3) is 5.69 Å². The van der Waals surface area contributed by atoms with Gasteiger partial charge in [-0.05, 0) is 18.6 Å². The van der Waals surface area contributed by atoms with Gasteiger partial charge in [0.2, 0.25) is 0 Å². The lowest BCUT2D eigenvalue weighted by Gasteiger charge is -2.21. The minimum Gasteiger partial charge on any atom is -0.462 e. The number of nitrogens with two attached hydrogens (primary N) is 1. The number of nitrogens with zero attached hydrogens (tertiary/aromatic N) is 1. The number of benzene rings is 1. The fourth-order valence-corrected chi connectivity index (χ4v) is 1.61. The van der Waals surface area contributed by atoms with Crippen LogP contribution in [0.5, 0.6) is 0 Å². The van der Waals surface area contributed by atoms with Gasteiger partial charge in [-0.2, -0.15) is 8.78 Å². The number of alkyl halides is 2. The molecule has 0 saturated heterocycles. The Morgan fingerprint density at radius 1 is 1.57 bits per heavy atom. The summed E-state index contributed by atoms with van der Waals surface area (Å²) in [6.45, 7) is 1.13. The standard InChI is InChI=1S/C11H11ClF2N2O4.ClH/c1-2-20-10(17)11(13,14)9(15)6-3-4-7(12)8(5-6)16(18)19;/h3-5,9H,2,15H2,1H3;1H/t9-;/m1./s1. The van der Waals surface area contributed by atoms with Crippen molar-refractivity contribution in [3.05, 3.63) is 38.9 Å². The molecule has 0 unspecified atom stereocenters. The van der Waals surface area contributed by atoms with E-state index in [4.69, 9.17) is 17.3 Å². The van der Waals surface area contributed by atoms with Crippen LogP contribution < -0.4 is 5.73 Å². The van der Waals surface area contributed by atoms with Crippen LogP contribution >= 0.6 is 24.0 Å². The summed E-state index contributed by atoms with van der Waals surface area (Å²) >= 11 is 5.56. The smallest absolute Gasteiger partial charge is 0.379 e. The van der Waals surface area contributed by atoms with Gasteiger partial charge in [0.15, 0.2) is 0 Å². The summed E-state index contributed by atoms with van der Waals surface area (Å²) < 4.78 is 31.7. The summed E-state index contributed by atoms with van der Waals surface area (Å²) in [6, 6.07) is 0.890. The third-order valence-corrected chi connectivity index (χ3v) is 2.78. The van der Waals surface area contributed by atoms with E-state index in [2.05, 4.69) is 4.74 Å². The first kappa shape index (κ1) is 19.5. The summed E-state index contributed by atoms with van der Waals surface area (Å²) in [5, 5.41) is 10.5. The molecule has 1 rings (SSSR count). The number of rotatable bonds is 5. The molecule has 0 aliphatic rings. The molecule has 118 valence electrons. The third-order valence-electron chi connectivity index (χ3n) is 2.46. The molecule has 0 bridgehead atoms. The second kappa shape index (κ2) is 7.48. The van der Waals surface area contributed by atoms with Crippen LogP contribution in [0.1, 0.15) is 18.5 Å². The Bertz CT molecular complexity index is 543. The van der Waals surface area contributed by atoms with Crippen molar-refractivity contribution in [1.82, 2.24) is 0 Å². The number of nitro groups is 1. The molecule has 0 heterocycles. The first-order valence-corrected chi connectivity index (χ1v) is 5.84. The van der Waals surface area contributed by atoms with Crippen molar-refractivity contribution in [2.75, 3.05) is 6.61 Å². The van der Waals surface area contributed by atoms with Gasteiger partial charge >= 0.3 is 11.9 Å². The van der Waals surface area contributed by atoms with Crippen LogP contribution in [-0.4, -0.2) is 23.4 Å². The van der Waals surface area contributed by atoms with Crippen LogP contribution in [0, 0.1) is 10.1 Å². The summed E-state index contributed by atoms with van der Waals surface area (Å²) in [4.78, 5) is 21.0. The Hall–Kier alpha value is -1.51. The van der Waals surface area contributed by atoms with Crippen LogP contribution in [0.15, 0.2) is 18.2 Å². The van der Waals surface area contributed by atoms with Gasteiger partial charge in [-0.25, -0.2) is 4.79 Å². The van der Waals surface area contributed by atoms with Gasteiger partial charge in [0.1, 0.15) is 11.1 Å². The quantitative estimate of drug-likeness (QED) is 0.503. The molecule has 1 atom stereocenters. The van der Waals surface area contributed by atoms with Crippen molar-refractivity contribution in [2.24, 2.45) is 5.73 Å². The molecule has 10 heteroatoms. The van der Waals surface area contributed by atoms with Crippen molar-refractivity contribution in [3.63, 3.8) is 0 Å². The Labute approximate surface area is 129 Å². The number of hydrogen-bond donors (Lipinski definition) is 1. The van der Waals surface area contributed by atoms with Gasteiger partial charge in [-0.1, -0.05) is 17.7 Å². The maximum absolute atomic E-state index is 13.7. The molecule has 0 saturated carbocycles. The van der Waals surface area contributed by atoms with E-state index in [0.29, 0.717) is 0 Å². The van der Waals surface area contributed by atoms with Gasteiger partial charge < -0.3 is 10.5 Å². The van der Waals surface area contributed by atoms with Gasteiger partial charge in [0, 0.05) is 6.07 Å². The zero-order chi connectivity index (χ0) is 15.5. The van der Waals surface area contributed by atoms with Crippen molar-refractivity contribution in [3.8, 4) is 0 Å². The monoisotopic (exact) mass is 344 g/mol. The number of carbonyl (C=O) groups excluding carboxylic acids is 1. The highest BCUT2D eigenvalue weighted by molar-refractivity contribution is 6.32. The molecular formula is C11H12Cl2F2N2O4. The van der Waals surface area contributed by atoms with E-state index in [1.165, 1.54) is 6.92 Å². The number of ether oxygens (including phenoxy) is 1. The van der Waals surface area contributed by atoms with E-state index in [1.54, 1.807) is 0 Å². The van der Waals surface area contributed by atoms with E-state index in [0.717, 1.165) is 18.2 Å². The molecular weight excluding hydrogens is 333 g/mol. The maximum Gasteiger partial charge on any atom is 0.379 e. The second-order valence-electron chi connectivity index (χ2n) is 3.79. The van der Waals surface area contributed by atoms with E-state index in [9.17, 15) is 23.7 Å². The lowest BCUT2D eigenvalue weighted by Crippen LogP contribution is -2.41. The Kier molecular flexibility index (Phi) is 6.95. The SMILES string of the molecule is CCOC(=O)C(F)(F)[C@H](N)c1ccc(Cl)c([N+](=O)[O-])c1.Cl. The predicted molar refractivity (Wildman–Crippen MR) is 73.9 cm³/mol.